The van der Waals surface area contributed by atoms with E-state index in [1.54, 1.807) is 4.68 Å². The molecule has 0 bridgehead atoms. The van der Waals surface area contributed by atoms with Crippen LogP contribution < -0.4 is 5.32 Å². The van der Waals surface area contributed by atoms with Crippen molar-refractivity contribution < 1.29 is 9.90 Å². The Labute approximate surface area is 101 Å². The Hall–Kier alpha value is -1.36. The first-order valence-electron chi connectivity index (χ1n) is 6.07. The molecule has 2 N–H and O–H groups in total. The van der Waals surface area contributed by atoms with Crippen molar-refractivity contribution in [2.24, 2.45) is 5.92 Å². The molecule has 0 aliphatic heterocycles. The molecule has 0 spiro atoms. The summed E-state index contributed by atoms with van der Waals surface area (Å²) in [5, 5.41) is 17.0. The van der Waals surface area contributed by atoms with E-state index in [2.05, 4.69) is 10.4 Å². The minimum atomic E-state index is -0.854. The van der Waals surface area contributed by atoms with Crippen molar-refractivity contribution in [2.75, 3.05) is 6.54 Å². The molecular formula is C12H19N3O2. The number of nitrogens with zero attached hydrogens (tertiary/aromatic N) is 2. The van der Waals surface area contributed by atoms with Gasteiger partial charge in [0.05, 0.1) is 12.2 Å². The minimum Gasteiger partial charge on any atom is -0.480 e. The second-order valence-electron chi connectivity index (χ2n) is 4.74. The first-order chi connectivity index (χ1) is 8.08. The fraction of sp³-hybridized carbons (Fsp3) is 0.667. The predicted molar refractivity (Wildman–Crippen MR) is 63.7 cm³/mol. The summed E-state index contributed by atoms with van der Waals surface area (Å²) in [5.41, 5.74) is 0.0595. The van der Waals surface area contributed by atoms with Gasteiger partial charge in [0.2, 0.25) is 0 Å². The number of aliphatic carboxylic acids is 1. The second-order valence-corrected chi connectivity index (χ2v) is 4.74. The number of carboxylic acids is 1. The van der Waals surface area contributed by atoms with Crippen molar-refractivity contribution >= 4 is 5.97 Å². The van der Waals surface area contributed by atoms with Gasteiger partial charge in [-0.05, 0) is 38.3 Å². The van der Waals surface area contributed by atoms with Gasteiger partial charge in [0.25, 0.3) is 0 Å². The lowest BCUT2D eigenvalue weighted by atomic mass is 9.93. The van der Waals surface area contributed by atoms with E-state index >= 15 is 0 Å². The van der Waals surface area contributed by atoms with E-state index in [1.165, 1.54) is 0 Å². The lowest BCUT2D eigenvalue weighted by molar-refractivity contribution is -0.146. The van der Waals surface area contributed by atoms with Crippen LogP contribution in [0.1, 0.15) is 25.5 Å². The summed E-state index contributed by atoms with van der Waals surface area (Å²) in [4.78, 5) is 11.6. The van der Waals surface area contributed by atoms with Crippen LogP contribution in [0.15, 0.2) is 12.3 Å². The minimum absolute atomic E-state index is 0.226. The van der Waals surface area contributed by atoms with Gasteiger partial charge in [-0.1, -0.05) is 6.92 Å². The Kier molecular flexibility index (Phi) is 3.19. The summed E-state index contributed by atoms with van der Waals surface area (Å²) in [6.45, 7) is 4.90. The SMILES string of the molecule is CCNC(Cn1ccc(C)n1)(C(=O)O)C1CC1. The maximum atomic E-state index is 11.6. The summed E-state index contributed by atoms with van der Waals surface area (Å²) in [6.07, 6.45) is 3.81. The van der Waals surface area contributed by atoms with Crippen LogP contribution in [0, 0.1) is 12.8 Å². The van der Waals surface area contributed by atoms with Crippen molar-refractivity contribution in [3.8, 4) is 0 Å². The molecule has 1 aromatic rings. The molecule has 0 radical (unpaired) electrons. The molecule has 1 heterocycles. The van der Waals surface area contributed by atoms with E-state index in [1.807, 2.05) is 26.1 Å². The van der Waals surface area contributed by atoms with Gasteiger partial charge >= 0.3 is 5.97 Å². The van der Waals surface area contributed by atoms with Crippen molar-refractivity contribution in [3.63, 3.8) is 0 Å². The highest BCUT2D eigenvalue weighted by Crippen LogP contribution is 2.40. The van der Waals surface area contributed by atoms with Crippen LogP contribution in [0.2, 0.25) is 0 Å². The maximum absolute atomic E-state index is 11.6. The molecule has 1 aromatic heterocycles. The van der Waals surface area contributed by atoms with Crippen LogP contribution in [0.4, 0.5) is 0 Å². The highest BCUT2D eigenvalue weighted by atomic mass is 16.4. The van der Waals surface area contributed by atoms with Crippen molar-refractivity contribution in [1.82, 2.24) is 15.1 Å². The van der Waals surface area contributed by atoms with E-state index in [9.17, 15) is 9.90 Å². The second kappa shape index (κ2) is 4.49. The fourth-order valence-corrected chi connectivity index (χ4v) is 2.35. The van der Waals surface area contributed by atoms with Gasteiger partial charge in [-0.3, -0.25) is 9.48 Å². The number of likely N-dealkylation sites (N-methyl/N-ethyl adjacent to an activating group) is 1. The number of hydrogen-bond donors (Lipinski definition) is 2. The molecular weight excluding hydrogens is 218 g/mol. The van der Waals surface area contributed by atoms with Crippen LogP contribution in [-0.4, -0.2) is 32.9 Å². The zero-order valence-corrected chi connectivity index (χ0v) is 10.3. The number of carbonyl (C=O) groups is 1. The van der Waals surface area contributed by atoms with Crippen molar-refractivity contribution in [2.45, 2.75) is 38.8 Å². The molecule has 17 heavy (non-hydrogen) atoms. The fourth-order valence-electron chi connectivity index (χ4n) is 2.35. The molecule has 94 valence electrons. The monoisotopic (exact) mass is 237 g/mol. The summed E-state index contributed by atoms with van der Waals surface area (Å²) in [7, 11) is 0. The third-order valence-corrected chi connectivity index (χ3v) is 3.33. The van der Waals surface area contributed by atoms with E-state index < -0.39 is 11.5 Å². The third-order valence-electron chi connectivity index (χ3n) is 3.33. The Morgan fingerprint density at radius 2 is 2.41 bits per heavy atom. The number of aryl methyl sites for hydroxylation is 1. The molecule has 0 aromatic carbocycles. The first kappa shape index (κ1) is 12.1. The molecule has 1 fully saturated rings. The van der Waals surface area contributed by atoms with Gasteiger partial charge < -0.3 is 10.4 Å². The number of aromatic nitrogens is 2. The Morgan fingerprint density at radius 3 is 2.82 bits per heavy atom. The number of nitrogens with one attached hydrogen (secondary N) is 1. The zero-order valence-electron chi connectivity index (χ0n) is 10.3. The zero-order chi connectivity index (χ0) is 12.5. The lowest BCUT2D eigenvalue weighted by Gasteiger charge is -2.30. The van der Waals surface area contributed by atoms with Crippen LogP contribution >= 0.6 is 0 Å². The van der Waals surface area contributed by atoms with Gasteiger partial charge in [-0.25, -0.2) is 0 Å². The normalized spacial score (nSPS) is 18.9. The number of hydrogen-bond acceptors (Lipinski definition) is 3. The van der Waals surface area contributed by atoms with Gasteiger partial charge in [0.15, 0.2) is 0 Å². The molecule has 1 saturated carbocycles. The summed E-state index contributed by atoms with van der Waals surface area (Å²) < 4.78 is 1.73. The molecule has 2 rings (SSSR count). The molecule has 0 saturated heterocycles. The predicted octanol–water partition coefficient (Wildman–Crippen LogP) is 1.03. The average Bonchev–Trinajstić information content (AvgIpc) is 3.03. The Morgan fingerprint density at radius 1 is 1.71 bits per heavy atom. The molecule has 0 amide bonds. The van der Waals surface area contributed by atoms with Crippen molar-refractivity contribution in [3.05, 3.63) is 18.0 Å². The topological polar surface area (TPSA) is 67.2 Å². The molecule has 1 aliphatic rings. The van der Waals surface area contributed by atoms with Crippen LogP contribution in [0.5, 0.6) is 0 Å². The van der Waals surface area contributed by atoms with Crippen LogP contribution in [0.3, 0.4) is 0 Å². The smallest absolute Gasteiger partial charge is 0.326 e. The summed E-state index contributed by atoms with van der Waals surface area (Å²) in [6, 6.07) is 1.89. The Bertz CT molecular complexity index is 412. The maximum Gasteiger partial charge on any atom is 0.326 e. The molecule has 1 atom stereocenters. The van der Waals surface area contributed by atoms with E-state index in [0.717, 1.165) is 18.5 Å². The van der Waals surface area contributed by atoms with Crippen molar-refractivity contribution in [1.29, 1.82) is 0 Å². The molecule has 5 heteroatoms. The number of rotatable bonds is 6. The summed E-state index contributed by atoms with van der Waals surface area (Å²) in [5.74, 6) is -0.542. The van der Waals surface area contributed by atoms with Crippen LogP contribution in [-0.2, 0) is 11.3 Å². The number of carboxylic acid groups (broad SMARTS) is 1. The van der Waals surface area contributed by atoms with Gasteiger partial charge in [0, 0.05) is 6.20 Å². The molecule has 1 unspecified atom stereocenters. The van der Waals surface area contributed by atoms with Gasteiger partial charge in [-0.2, -0.15) is 5.10 Å². The van der Waals surface area contributed by atoms with E-state index in [0.29, 0.717) is 13.1 Å². The quantitative estimate of drug-likeness (QED) is 0.775. The Balaban J connectivity index is 2.22. The lowest BCUT2D eigenvalue weighted by Crippen LogP contribution is -2.57. The highest BCUT2D eigenvalue weighted by molar-refractivity contribution is 5.79. The average molecular weight is 237 g/mol. The largest absolute Gasteiger partial charge is 0.480 e. The van der Waals surface area contributed by atoms with E-state index in [4.69, 9.17) is 0 Å². The van der Waals surface area contributed by atoms with Gasteiger partial charge in [0.1, 0.15) is 5.54 Å². The standard InChI is InChI=1S/C12H19N3O2/c1-3-13-12(11(16)17,10-4-5-10)8-15-7-6-9(2)14-15/h6-7,10,13H,3-5,8H2,1-2H3,(H,16,17). The van der Waals surface area contributed by atoms with E-state index in [-0.39, 0.29) is 5.92 Å². The highest BCUT2D eigenvalue weighted by Gasteiger charge is 2.51. The van der Waals surface area contributed by atoms with Gasteiger partial charge in [-0.15, -0.1) is 0 Å². The molecule has 5 nitrogen and oxygen atoms in total. The first-order valence-corrected chi connectivity index (χ1v) is 6.07. The third kappa shape index (κ3) is 2.34. The summed E-state index contributed by atoms with van der Waals surface area (Å²) >= 11 is 0. The molecule has 1 aliphatic carbocycles. The van der Waals surface area contributed by atoms with Crippen LogP contribution in [0.25, 0.3) is 0 Å².